The minimum Gasteiger partial charge on any atom is -0.493 e. The summed E-state index contributed by atoms with van der Waals surface area (Å²) in [6, 6.07) is 6.02. The third kappa shape index (κ3) is 3.69. The number of aromatic nitrogens is 2. The maximum atomic E-state index is 5.43. The molecule has 1 fully saturated rings. The Balaban J connectivity index is 0.00000196. The highest BCUT2D eigenvalue weighted by Gasteiger charge is 2.28. The van der Waals surface area contributed by atoms with Crippen LogP contribution in [-0.2, 0) is 13.0 Å². The lowest BCUT2D eigenvalue weighted by atomic mass is 9.79. The highest BCUT2D eigenvalue weighted by atomic mass is 35.5. The largest absolute Gasteiger partial charge is 0.493 e. The lowest BCUT2D eigenvalue weighted by molar-refractivity contribution is 0.216. The zero-order valence-electron chi connectivity index (χ0n) is 15.5. The van der Waals surface area contributed by atoms with Crippen LogP contribution >= 0.6 is 12.4 Å². The predicted molar refractivity (Wildman–Crippen MR) is 105 cm³/mol. The van der Waals surface area contributed by atoms with E-state index in [-0.39, 0.29) is 12.4 Å². The smallest absolute Gasteiger partial charge is 0.161 e. The number of benzene rings is 1. The molecular formula is C20H28ClN3O2. The first-order valence-electron chi connectivity index (χ1n) is 9.27. The van der Waals surface area contributed by atoms with Gasteiger partial charge in [0.2, 0.25) is 0 Å². The standard InChI is InChI=1S/C20H27N3O2.ClH/c1-24-18-4-3-16(11-19(18)25-2)17-13-23-10-7-15(12-20(23)22-17)14-5-8-21-9-6-14;/h3-4,11,13-15,21H,5-10,12H2,1-2H3;1H. The summed E-state index contributed by atoms with van der Waals surface area (Å²) in [5.41, 5.74) is 2.11. The molecule has 1 aromatic heterocycles. The van der Waals surface area contributed by atoms with Gasteiger partial charge in [-0.15, -0.1) is 12.4 Å². The first kappa shape index (κ1) is 19.1. The van der Waals surface area contributed by atoms with Crippen LogP contribution in [0.2, 0.25) is 0 Å². The number of ether oxygens (including phenoxy) is 2. The van der Waals surface area contributed by atoms with Crippen molar-refractivity contribution in [1.82, 2.24) is 14.9 Å². The number of nitrogens with zero attached hydrogens (tertiary/aromatic N) is 2. The summed E-state index contributed by atoms with van der Waals surface area (Å²) >= 11 is 0. The first-order chi connectivity index (χ1) is 12.3. The van der Waals surface area contributed by atoms with Crippen LogP contribution in [0.4, 0.5) is 0 Å². The molecular weight excluding hydrogens is 350 g/mol. The number of halogens is 1. The van der Waals surface area contributed by atoms with Gasteiger partial charge in [-0.25, -0.2) is 4.98 Å². The molecule has 0 radical (unpaired) electrons. The Morgan fingerprint density at radius 1 is 1.04 bits per heavy atom. The van der Waals surface area contributed by atoms with Crippen molar-refractivity contribution in [2.75, 3.05) is 27.3 Å². The second-order valence-corrected chi connectivity index (χ2v) is 7.15. The molecule has 0 saturated carbocycles. The van der Waals surface area contributed by atoms with Crippen LogP contribution in [0.25, 0.3) is 11.3 Å². The van der Waals surface area contributed by atoms with Gasteiger partial charge in [-0.1, -0.05) is 0 Å². The van der Waals surface area contributed by atoms with E-state index in [9.17, 15) is 0 Å². The van der Waals surface area contributed by atoms with E-state index in [1.54, 1.807) is 14.2 Å². The molecule has 142 valence electrons. The summed E-state index contributed by atoms with van der Waals surface area (Å²) in [7, 11) is 3.33. The minimum absolute atomic E-state index is 0. The van der Waals surface area contributed by atoms with Crippen LogP contribution in [0.1, 0.15) is 25.1 Å². The Labute approximate surface area is 161 Å². The minimum atomic E-state index is 0. The number of hydrogen-bond donors (Lipinski definition) is 1. The monoisotopic (exact) mass is 377 g/mol. The lowest BCUT2D eigenvalue weighted by Gasteiger charge is -2.33. The zero-order valence-corrected chi connectivity index (χ0v) is 16.3. The number of rotatable bonds is 4. The van der Waals surface area contributed by atoms with Crippen LogP contribution in [0.5, 0.6) is 11.5 Å². The molecule has 26 heavy (non-hydrogen) atoms. The topological polar surface area (TPSA) is 48.3 Å². The van der Waals surface area contributed by atoms with Crippen LogP contribution in [0.15, 0.2) is 24.4 Å². The average Bonchev–Trinajstić information content (AvgIpc) is 3.11. The average molecular weight is 378 g/mol. The fraction of sp³-hybridized carbons (Fsp3) is 0.550. The SMILES string of the molecule is COc1ccc(-c2cn3c(n2)CC(C2CCNCC2)CC3)cc1OC.Cl. The number of hydrogen-bond acceptors (Lipinski definition) is 4. The summed E-state index contributed by atoms with van der Waals surface area (Å²) in [6.07, 6.45) is 7.20. The fourth-order valence-corrected chi connectivity index (χ4v) is 4.30. The molecule has 0 amide bonds. The number of aryl methyl sites for hydroxylation is 1. The van der Waals surface area contributed by atoms with Gasteiger partial charge in [0.25, 0.3) is 0 Å². The Hall–Kier alpha value is -1.72. The molecule has 6 heteroatoms. The maximum absolute atomic E-state index is 5.43. The molecule has 2 aliphatic heterocycles. The van der Waals surface area contributed by atoms with Crippen molar-refractivity contribution in [3.05, 3.63) is 30.2 Å². The summed E-state index contributed by atoms with van der Waals surface area (Å²) in [4.78, 5) is 4.95. The van der Waals surface area contributed by atoms with Crippen molar-refractivity contribution in [3.63, 3.8) is 0 Å². The molecule has 2 aromatic rings. The number of nitrogens with one attached hydrogen (secondary N) is 1. The second-order valence-electron chi connectivity index (χ2n) is 7.15. The van der Waals surface area contributed by atoms with Crippen molar-refractivity contribution < 1.29 is 9.47 Å². The van der Waals surface area contributed by atoms with Crippen LogP contribution in [0.3, 0.4) is 0 Å². The number of methoxy groups -OCH3 is 2. The van der Waals surface area contributed by atoms with Gasteiger partial charge >= 0.3 is 0 Å². The lowest BCUT2D eigenvalue weighted by Crippen LogP contribution is -2.34. The van der Waals surface area contributed by atoms with Crippen molar-refractivity contribution in [2.24, 2.45) is 11.8 Å². The van der Waals surface area contributed by atoms with Crippen molar-refractivity contribution in [3.8, 4) is 22.8 Å². The van der Waals surface area contributed by atoms with Gasteiger partial charge in [-0.05, 0) is 62.4 Å². The molecule has 5 nitrogen and oxygen atoms in total. The van der Waals surface area contributed by atoms with E-state index in [4.69, 9.17) is 14.5 Å². The molecule has 4 rings (SSSR count). The third-order valence-electron chi connectivity index (χ3n) is 5.77. The highest BCUT2D eigenvalue weighted by Crippen LogP contribution is 2.35. The van der Waals surface area contributed by atoms with E-state index in [0.717, 1.165) is 47.6 Å². The summed E-state index contributed by atoms with van der Waals surface area (Å²) in [6.45, 7) is 3.43. The van der Waals surface area contributed by atoms with Gasteiger partial charge in [-0.2, -0.15) is 0 Å². The second kappa shape index (κ2) is 8.31. The third-order valence-corrected chi connectivity index (χ3v) is 5.77. The molecule has 1 unspecified atom stereocenters. The predicted octanol–water partition coefficient (Wildman–Crippen LogP) is 3.55. The molecule has 2 aliphatic rings. The quantitative estimate of drug-likeness (QED) is 0.885. The summed E-state index contributed by atoms with van der Waals surface area (Å²) in [5.74, 6) is 4.38. The number of fused-ring (bicyclic) bond motifs is 1. The number of imidazole rings is 1. The molecule has 0 spiro atoms. The first-order valence-corrected chi connectivity index (χ1v) is 9.27. The zero-order chi connectivity index (χ0) is 17.2. The summed E-state index contributed by atoms with van der Waals surface area (Å²) < 4.78 is 13.1. The van der Waals surface area contributed by atoms with Crippen LogP contribution < -0.4 is 14.8 Å². The van der Waals surface area contributed by atoms with Gasteiger partial charge in [0.1, 0.15) is 5.82 Å². The Morgan fingerprint density at radius 3 is 2.54 bits per heavy atom. The van der Waals surface area contributed by atoms with E-state index in [1.807, 2.05) is 12.1 Å². The van der Waals surface area contributed by atoms with Crippen LogP contribution in [-0.4, -0.2) is 36.9 Å². The van der Waals surface area contributed by atoms with Crippen molar-refractivity contribution in [2.45, 2.75) is 32.2 Å². The van der Waals surface area contributed by atoms with E-state index in [1.165, 1.54) is 38.2 Å². The maximum Gasteiger partial charge on any atom is 0.161 e. The molecule has 1 saturated heterocycles. The van der Waals surface area contributed by atoms with Crippen LogP contribution in [0, 0.1) is 11.8 Å². The molecule has 3 heterocycles. The van der Waals surface area contributed by atoms with E-state index < -0.39 is 0 Å². The van der Waals surface area contributed by atoms with Gasteiger partial charge < -0.3 is 19.4 Å². The van der Waals surface area contributed by atoms with Gasteiger partial charge in [0.05, 0.1) is 19.9 Å². The highest BCUT2D eigenvalue weighted by molar-refractivity contribution is 5.85. The molecule has 1 N–H and O–H groups in total. The van der Waals surface area contributed by atoms with E-state index in [2.05, 4.69) is 22.1 Å². The Bertz CT molecular complexity index is 741. The molecule has 1 atom stereocenters. The van der Waals surface area contributed by atoms with E-state index >= 15 is 0 Å². The molecule has 0 aliphatic carbocycles. The normalized spacial score (nSPS) is 20.2. The fourth-order valence-electron chi connectivity index (χ4n) is 4.30. The van der Waals surface area contributed by atoms with Crippen molar-refractivity contribution >= 4 is 12.4 Å². The Kier molecular flexibility index (Phi) is 6.09. The number of piperidine rings is 1. The molecule has 0 bridgehead atoms. The van der Waals surface area contributed by atoms with E-state index in [0.29, 0.717) is 0 Å². The molecule has 1 aromatic carbocycles. The van der Waals surface area contributed by atoms with Gasteiger partial charge in [0, 0.05) is 24.7 Å². The van der Waals surface area contributed by atoms with Crippen molar-refractivity contribution in [1.29, 1.82) is 0 Å². The van der Waals surface area contributed by atoms with Gasteiger partial charge in [-0.3, -0.25) is 0 Å². The summed E-state index contributed by atoms with van der Waals surface area (Å²) in [5, 5.41) is 3.48. The Morgan fingerprint density at radius 2 is 1.81 bits per heavy atom. The van der Waals surface area contributed by atoms with Gasteiger partial charge in [0.15, 0.2) is 11.5 Å².